The van der Waals surface area contributed by atoms with Crippen molar-refractivity contribution < 1.29 is 8.42 Å². The number of hydrogen-bond donors (Lipinski definition) is 1. The standard InChI is InChI=1S/C10H15ClN2O2S/c1-8-3-4-12-10(5-8)13-16(14,15)7-9(2)6-11/h3-5,9H,6-7H2,1-2H3,(H,12,13). The van der Waals surface area contributed by atoms with Crippen LogP contribution in [0.2, 0.25) is 0 Å². The summed E-state index contributed by atoms with van der Waals surface area (Å²) in [6, 6.07) is 3.49. The molecular weight excluding hydrogens is 248 g/mol. The van der Waals surface area contributed by atoms with Gasteiger partial charge in [0.15, 0.2) is 0 Å². The predicted octanol–water partition coefficient (Wildman–Crippen LogP) is 2.01. The molecule has 1 rings (SSSR count). The number of halogens is 1. The molecule has 0 saturated carbocycles. The van der Waals surface area contributed by atoms with Gasteiger partial charge in [0.1, 0.15) is 5.82 Å². The number of rotatable bonds is 5. The average molecular weight is 263 g/mol. The molecule has 0 fully saturated rings. The summed E-state index contributed by atoms with van der Waals surface area (Å²) >= 11 is 5.58. The van der Waals surface area contributed by atoms with Crippen molar-refractivity contribution in [3.05, 3.63) is 23.9 Å². The molecule has 1 unspecified atom stereocenters. The third-order valence-corrected chi connectivity index (χ3v) is 4.00. The van der Waals surface area contributed by atoms with Gasteiger partial charge in [-0.15, -0.1) is 11.6 Å². The van der Waals surface area contributed by atoms with Crippen LogP contribution in [0.4, 0.5) is 5.82 Å². The van der Waals surface area contributed by atoms with Crippen molar-refractivity contribution in [2.24, 2.45) is 5.92 Å². The first-order chi connectivity index (χ1) is 7.43. The van der Waals surface area contributed by atoms with Crippen LogP contribution >= 0.6 is 11.6 Å². The second-order valence-corrected chi connectivity index (χ2v) is 5.94. The lowest BCUT2D eigenvalue weighted by Crippen LogP contribution is -2.22. The summed E-state index contributed by atoms with van der Waals surface area (Å²) in [7, 11) is -3.36. The van der Waals surface area contributed by atoms with Crippen molar-refractivity contribution in [2.45, 2.75) is 13.8 Å². The first-order valence-electron chi connectivity index (χ1n) is 4.92. The number of nitrogens with zero attached hydrogens (tertiary/aromatic N) is 1. The van der Waals surface area contributed by atoms with Gasteiger partial charge in [-0.25, -0.2) is 13.4 Å². The van der Waals surface area contributed by atoms with Crippen LogP contribution in [0.25, 0.3) is 0 Å². The summed E-state index contributed by atoms with van der Waals surface area (Å²) in [6.07, 6.45) is 1.57. The van der Waals surface area contributed by atoms with Gasteiger partial charge in [-0.05, 0) is 30.5 Å². The molecule has 0 bridgehead atoms. The molecule has 0 saturated heterocycles. The summed E-state index contributed by atoms with van der Waals surface area (Å²) in [5, 5.41) is 0. The van der Waals surface area contributed by atoms with Gasteiger partial charge in [0.25, 0.3) is 0 Å². The van der Waals surface area contributed by atoms with E-state index in [0.29, 0.717) is 11.7 Å². The Morgan fingerprint density at radius 2 is 2.25 bits per heavy atom. The maximum absolute atomic E-state index is 11.7. The number of aryl methyl sites for hydroxylation is 1. The van der Waals surface area contributed by atoms with Crippen LogP contribution in [0.15, 0.2) is 18.3 Å². The van der Waals surface area contributed by atoms with Crippen LogP contribution in [0.5, 0.6) is 0 Å². The maximum atomic E-state index is 11.7. The minimum Gasteiger partial charge on any atom is -0.267 e. The highest BCUT2D eigenvalue weighted by atomic mass is 35.5. The topological polar surface area (TPSA) is 59.1 Å². The first kappa shape index (κ1) is 13.3. The Hall–Kier alpha value is -0.810. The number of pyridine rings is 1. The number of aromatic nitrogens is 1. The Kier molecular flexibility index (Phi) is 4.56. The molecular formula is C10H15ClN2O2S. The number of hydrogen-bond acceptors (Lipinski definition) is 3. The monoisotopic (exact) mass is 262 g/mol. The molecule has 0 amide bonds. The number of alkyl halides is 1. The summed E-state index contributed by atoms with van der Waals surface area (Å²) in [5.41, 5.74) is 0.957. The van der Waals surface area contributed by atoms with E-state index in [0.717, 1.165) is 5.56 Å². The predicted molar refractivity (Wildman–Crippen MR) is 66.3 cm³/mol. The Balaban J connectivity index is 2.73. The van der Waals surface area contributed by atoms with Gasteiger partial charge >= 0.3 is 0 Å². The lowest BCUT2D eigenvalue weighted by molar-refractivity contribution is 0.588. The number of anilines is 1. The Morgan fingerprint density at radius 1 is 1.56 bits per heavy atom. The van der Waals surface area contributed by atoms with Crippen molar-refractivity contribution in [2.75, 3.05) is 16.4 Å². The highest BCUT2D eigenvalue weighted by Crippen LogP contribution is 2.10. The molecule has 1 aromatic heterocycles. The maximum Gasteiger partial charge on any atom is 0.234 e. The van der Waals surface area contributed by atoms with Crippen LogP contribution in [-0.4, -0.2) is 25.0 Å². The quantitative estimate of drug-likeness (QED) is 0.826. The summed E-state index contributed by atoms with van der Waals surface area (Å²) < 4.78 is 25.8. The van der Waals surface area contributed by atoms with E-state index in [2.05, 4.69) is 9.71 Å². The highest BCUT2D eigenvalue weighted by molar-refractivity contribution is 7.92. The number of nitrogens with one attached hydrogen (secondary N) is 1. The largest absolute Gasteiger partial charge is 0.267 e. The molecule has 90 valence electrons. The van der Waals surface area contributed by atoms with E-state index in [1.54, 1.807) is 25.3 Å². The lowest BCUT2D eigenvalue weighted by atomic mass is 10.3. The Morgan fingerprint density at radius 3 is 2.81 bits per heavy atom. The fourth-order valence-corrected chi connectivity index (χ4v) is 2.83. The van der Waals surface area contributed by atoms with Gasteiger partial charge in [-0.2, -0.15) is 0 Å². The molecule has 4 nitrogen and oxygen atoms in total. The SMILES string of the molecule is Cc1ccnc(NS(=O)(=O)CC(C)CCl)c1. The van der Waals surface area contributed by atoms with E-state index in [1.165, 1.54) is 0 Å². The average Bonchev–Trinajstić information content (AvgIpc) is 2.15. The molecule has 0 radical (unpaired) electrons. The zero-order valence-electron chi connectivity index (χ0n) is 9.27. The van der Waals surface area contributed by atoms with Crippen molar-refractivity contribution >= 4 is 27.4 Å². The van der Waals surface area contributed by atoms with E-state index in [1.807, 2.05) is 6.92 Å². The molecule has 1 heterocycles. The van der Waals surface area contributed by atoms with Crippen molar-refractivity contribution in [3.63, 3.8) is 0 Å². The zero-order chi connectivity index (χ0) is 12.2. The molecule has 0 aliphatic rings. The van der Waals surface area contributed by atoms with Gasteiger partial charge in [-0.3, -0.25) is 4.72 Å². The summed E-state index contributed by atoms with van der Waals surface area (Å²) in [4.78, 5) is 3.93. The third-order valence-electron chi connectivity index (χ3n) is 1.94. The Labute approximate surface area is 101 Å². The molecule has 0 aromatic carbocycles. The zero-order valence-corrected chi connectivity index (χ0v) is 10.8. The van der Waals surface area contributed by atoms with E-state index >= 15 is 0 Å². The second-order valence-electron chi connectivity index (χ2n) is 3.86. The molecule has 1 N–H and O–H groups in total. The van der Waals surface area contributed by atoms with Gasteiger partial charge in [0, 0.05) is 12.1 Å². The smallest absolute Gasteiger partial charge is 0.234 e. The number of sulfonamides is 1. The van der Waals surface area contributed by atoms with Crippen molar-refractivity contribution in [1.29, 1.82) is 0 Å². The molecule has 16 heavy (non-hydrogen) atoms. The molecule has 0 aliphatic carbocycles. The molecule has 0 spiro atoms. The minimum absolute atomic E-state index is 0.00607. The van der Waals surface area contributed by atoms with Gasteiger partial charge in [0.2, 0.25) is 10.0 Å². The van der Waals surface area contributed by atoms with Crippen LogP contribution in [0.1, 0.15) is 12.5 Å². The molecule has 0 aliphatic heterocycles. The van der Waals surface area contributed by atoms with Crippen LogP contribution in [-0.2, 0) is 10.0 Å². The van der Waals surface area contributed by atoms with Crippen LogP contribution < -0.4 is 4.72 Å². The van der Waals surface area contributed by atoms with Crippen molar-refractivity contribution in [3.8, 4) is 0 Å². The Bertz CT molecular complexity index is 448. The van der Waals surface area contributed by atoms with Crippen molar-refractivity contribution in [1.82, 2.24) is 4.98 Å². The first-order valence-corrected chi connectivity index (χ1v) is 7.11. The fraction of sp³-hybridized carbons (Fsp3) is 0.500. The molecule has 1 atom stereocenters. The fourth-order valence-electron chi connectivity index (χ4n) is 1.21. The third kappa shape index (κ3) is 4.37. The van der Waals surface area contributed by atoms with Crippen LogP contribution in [0, 0.1) is 12.8 Å². The highest BCUT2D eigenvalue weighted by Gasteiger charge is 2.15. The molecule has 6 heteroatoms. The van der Waals surface area contributed by atoms with E-state index in [9.17, 15) is 8.42 Å². The van der Waals surface area contributed by atoms with E-state index in [-0.39, 0.29) is 11.7 Å². The normalized spacial score (nSPS) is 13.4. The van der Waals surface area contributed by atoms with E-state index < -0.39 is 10.0 Å². The van der Waals surface area contributed by atoms with Gasteiger partial charge in [-0.1, -0.05) is 6.92 Å². The van der Waals surface area contributed by atoms with Gasteiger partial charge < -0.3 is 0 Å². The lowest BCUT2D eigenvalue weighted by Gasteiger charge is -2.10. The molecule has 1 aromatic rings. The summed E-state index contributed by atoms with van der Waals surface area (Å²) in [5.74, 6) is 0.597. The summed E-state index contributed by atoms with van der Waals surface area (Å²) in [6.45, 7) is 3.66. The van der Waals surface area contributed by atoms with E-state index in [4.69, 9.17) is 11.6 Å². The van der Waals surface area contributed by atoms with Gasteiger partial charge in [0.05, 0.1) is 5.75 Å². The second kappa shape index (κ2) is 5.50. The minimum atomic E-state index is -3.36. The van der Waals surface area contributed by atoms with Crippen LogP contribution in [0.3, 0.4) is 0 Å².